The minimum atomic E-state index is -0.0269. The molecule has 158 valence electrons. The zero-order chi connectivity index (χ0) is 20.8. The van der Waals surface area contributed by atoms with Crippen molar-refractivity contribution in [3.8, 4) is 0 Å². The Balaban J connectivity index is 2.36. The predicted octanol–water partition coefficient (Wildman–Crippen LogP) is 1.85. The molecule has 0 heterocycles. The number of rotatable bonds is 12. The fraction of sp³-hybridized carbons (Fsp3) is 0.619. The number of nitrogens with one attached hydrogen (secondary N) is 3. The van der Waals surface area contributed by atoms with Gasteiger partial charge >= 0.3 is 0 Å². The van der Waals surface area contributed by atoms with Crippen LogP contribution in [-0.4, -0.2) is 70.3 Å². The van der Waals surface area contributed by atoms with Gasteiger partial charge in [-0.25, -0.2) is 0 Å². The van der Waals surface area contributed by atoms with E-state index in [9.17, 15) is 4.79 Å². The van der Waals surface area contributed by atoms with E-state index in [0.29, 0.717) is 12.1 Å². The minimum Gasteiger partial charge on any atom is -0.385 e. The van der Waals surface area contributed by atoms with E-state index in [2.05, 4.69) is 39.8 Å². The Bertz CT molecular complexity index is 589. The molecule has 1 aromatic carbocycles. The molecule has 0 aliphatic rings. The van der Waals surface area contributed by atoms with Crippen LogP contribution in [0.1, 0.15) is 42.6 Å². The van der Waals surface area contributed by atoms with E-state index in [1.165, 1.54) is 0 Å². The van der Waals surface area contributed by atoms with Crippen molar-refractivity contribution in [3.05, 3.63) is 35.4 Å². The third-order valence-corrected chi connectivity index (χ3v) is 4.56. The monoisotopic (exact) mass is 391 g/mol. The van der Waals surface area contributed by atoms with Crippen molar-refractivity contribution in [1.82, 2.24) is 20.9 Å². The second-order valence-electron chi connectivity index (χ2n) is 6.98. The summed E-state index contributed by atoms with van der Waals surface area (Å²) < 4.78 is 5.08. The molecular weight excluding hydrogens is 354 g/mol. The molecule has 3 N–H and O–H groups in total. The standard InChI is InChI=1S/C21H37N5O2/c1-6-17(2)25-20(27)19-10-8-18(9-11-19)16-24-21(22-3)23-12-14-26(4)13-7-15-28-5/h8-11,17H,6-7,12-16H2,1-5H3,(H,25,27)(H2,22,23,24). The normalized spacial score (nSPS) is 12.7. The molecule has 28 heavy (non-hydrogen) atoms. The Morgan fingerprint density at radius 1 is 1.21 bits per heavy atom. The zero-order valence-corrected chi connectivity index (χ0v) is 18.0. The van der Waals surface area contributed by atoms with E-state index >= 15 is 0 Å². The maximum absolute atomic E-state index is 12.1. The number of amides is 1. The van der Waals surface area contributed by atoms with E-state index in [1.54, 1.807) is 14.2 Å². The van der Waals surface area contributed by atoms with Crippen molar-refractivity contribution in [2.45, 2.75) is 39.3 Å². The van der Waals surface area contributed by atoms with Gasteiger partial charge in [-0.1, -0.05) is 19.1 Å². The number of hydrogen-bond acceptors (Lipinski definition) is 4. The molecule has 7 heteroatoms. The Morgan fingerprint density at radius 3 is 2.54 bits per heavy atom. The van der Waals surface area contributed by atoms with Crippen molar-refractivity contribution in [2.24, 2.45) is 4.99 Å². The second-order valence-corrected chi connectivity index (χ2v) is 6.98. The van der Waals surface area contributed by atoms with Crippen LogP contribution in [0.15, 0.2) is 29.3 Å². The van der Waals surface area contributed by atoms with Gasteiger partial charge in [-0.15, -0.1) is 0 Å². The first kappa shape index (κ1) is 23.9. The van der Waals surface area contributed by atoms with Gasteiger partial charge in [-0.05, 0) is 44.5 Å². The highest BCUT2D eigenvalue weighted by Gasteiger charge is 2.08. The van der Waals surface area contributed by atoms with Gasteiger partial charge in [-0.3, -0.25) is 9.79 Å². The molecule has 1 aromatic rings. The fourth-order valence-electron chi connectivity index (χ4n) is 2.55. The van der Waals surface area contributed by atoms with Gasteiger partial charge in [0.25, 0.3) is 5.91 Å². The van der Waals surface area contributed by atoms with E-state index in [1.807, 2.05) is 31.2 Å². The van der Waals surface area contributed by atoms with Gasteiger partial charge in [0.2, 0.25) is 0 Å². The summed E-state index contributed by atoms with van der Waals surface area (Å²) in [5.41, 5.74) is 1.78. The van der Waals surface area contributed by atoms with Crippen LogP contribution in [-0.2, 0) is 11.3 Å². The Kier molecular flexibility index (Phi) is 11.9. The largest absolute Gasteiger partial charge is 0.385 e. The van der Waals surface area contributed by atoms with Gasteiger partial charge in [0.05, 0.1) is 0 Å². The summed E-state index contributed by atoms with van der Waals surface area (Å²) in [4.78, 5) is 18.6. The maximum atomic E-state index is 12.1. The highest BCUT2D eigenvalue weighted by molar-refractivity contribution is 5.94. The summed E-state index contributed by atoms with van der Waals surface area (Å²) in [5.74, 6) is 0.741. The average Bonchev–Trinajstić information content (AvgIpc) is 2.70. The van der Waals surface area contributed by atoms with Crippen molar-refractivity contribution >= 4 is 11.9 Å². The lowest BCUT2D eigenvalue weighted by Crippen LogP contribution is -2.40. The zero-order valence-electron chi connectivity index (χ0n) is 18.0. The number of guanidine groups is 1. The molecule has 0 spiro atoms. The summed E-state index contributed by atoms with van der Waals surface area (Å²) in [5, 5.41) is 9.60. The van der Waals surface area contributed by atoms with Crippen molar-refractivity contribution < 1.29 is 9.53 Å². The van der Waals surface area contributed by atoms with E-state index in [0.717, 1.165) is 50.6 Å². The number of nitrogens with zero attached hydrogens (tertiary/aromatic N) is 2. The molecule has 0 radical (unpaired) electrons. The summed E-state index contributed by atoms with van der Waals surface area (Å²) in [7, 11) is 5.60. The molecule has 0 aromatic heterocycles. The van der Waals surface area contributed by atoms with Crippen LogP contribution in [0.2, 0.25) is 0 Å². The molecule has 1 atom stereocenters. The number of ether oxygens (including phenoxy) is 1. The van der Waals surface area contributed by atoms with Crippen LogP contribution in [0, 0.1) is 0 Å². The molecule has 0 saturated carbocycles. The summed E-state index contributed by atoms with van der Waals surface area (Å²) >= 11 is 0. The highest BCUT2D eigenvalue weighted by Crippen LogP contribution is 2.05. The maximum Gasteiger partial charge on any atom is 0.251 e. The SMILES string of the molecule is CCC(C)NC(=O)c1ccc(CNC(=NC)NCCN(C)CCCOC)cc1. The predicted molar refractivity (Wildman–Crippen MR) is 116 cm³/mol. The van der Waals surface area contributed by atoms with E-state index in [4.69, 9.17) is 4.74 Å². The Morgan fingerprint density at radius 2 is 1.93 bits per heavy atom. The average molecular weight is 392 g/mol. The fourth-order valence-corrected chi connectivity index (χ4v) is 2.55. The van der Waals surface area contributed by atoms with Gasteiger partial charge in [-0.2, -0.15) is 0 Å². The molecule has 0 fully saturated rings. The molecular formula is C21H37N5O2. The Hall–Kier alpha value is -2.12. The quantitative estimate of drug-likeness (QED) is 0.288. The van der Waals surface area contributed by atoms with Crippen LogP contribution in [0.3, 0.4) is 0 Å². The van der Waals surface area contributed by atoms with Gasteiger partial charge < -0.3 is 25.6 Å². The Labute approximate surface area is 169 Å². The number of hydrogen-bond donors (Lipinski definition) is 3. The third kappa shape index (κ3) is 9.71. The lowest BCUT2D eigenvalue weighted by molar-refractivity contribution is 0.0939. The third-order valence-electron chi connectivity index (χ3n) is 4.56. The number of carbonyl (C=O) groups excluding carboxylic acids is 1. The van der Waals surface area contributed by atoms with Gasteiger partial charge in [0, 0.05) is 58.5 Å². The van der Waals surface area contributed by atoms with Crippen LogP contribution in [0.25, 0.3) is 0 Å². The van der Waals surface area contributed by atoms with Crippen LogP contribution in [0.5, 0.6) is 0 Å². The molecule has 1 rings (SSSR count). The number of aliphatic imine (C=N–C) groups is 1. The number of methoxy groups -OCH3 is 1. The molecule has 7 nitrogen and oxygen atoms in total. The number of likely N-dealkylation sites (N-methyl/N-ethyl adjacent to an activating group) is 1. The van der Waals surface area contributed by atoms with Crippen LogP contribution in [0.4, 0.5) is 0 Å². The first-order valence-electron chi connectivity index (χ1n) is 10.0. The second kappa shape index (κ2) is 14.0. The highest BCUT2D eigenvalue weighted by atomic mass is 16.5. The van der Waals surface area contributed by atoms with E-state index < -0.39 is 0 Å². The van der Waals surface area contributed by atoms with Gasteiger partial charge in [0.15, 0.2) is 5.96 Å². The first-order chi connectivity index (χ1) is 13.5. The lowest BCUT2D eigenvalue weighted by atomic mass is 10.1. The molecule has 0 aliphatic heterocycles. The molecule has 1 amide bonds. The van der Waals surface area contributed by atoms with Gasteiger partial charge in [0.1, 0.15) is 0 Å². The first-order valence-corrected chi connectivity index (χ1v) is 10.0. The van der Waals surface area contributed by atoms with E-state index in [-0.39, 0.29) is 11.9 Å². The number of benzene rings is 1. The minimum absolute atomic E-state index is 0.0269. The topological polar surface area (TPSA) is 78.0 Å². The molecule has 1 unspecified atom stereocenters. The summed E-state index contributed by atoms with van der Waals surface area (Å²) in [6, 6.07) is 7.84. The van der Waals surface area contributed by atoms with Crippen molar-refractivity contribution in [3.63, 3.8) is 0 Å². The molecule has 0 bridgehead atoms. The van der Waals surface area contributed by atoms with Crippen LogP contribution >= 0.6 is 0 Å². The smallest absolute Gasteiger partial charge is 0.251 e. The lowest BCUT2D eigenvalue weighted by Gasteiger charge is -2.18. The number of carbonyl (C=O) groups is 1. The van der Waals surface area contributed by atoms with Crippen molar-refractivity contribution in [2.75, 3.05) is 47.4 Å². The van der Waals surface area contributed by atoms with Crippen molar-refractivity contribution in [1.29, 1.82) is 0 Å². The summed E-state index contributed by atoms with van der Waals surface area (Å²) in [6.07, 6.45) is 1.95. The molecule has 0 aliphatic carbocycles. The summed E-state index contributed by atoms with van der Waals surface area (Å²) in [6.45, 7) is 8.27. The molecule has 0 saturated heterocycles. The van der Waals surface area contributed by atoms with Crippen LogP contribution < -0.4 is 16.0 Å².